The van der Waals surface area contributed by atoms with Crippen LogP contribution in [-0.2, 0) is 9.59 Å². The fourth-order valence-corrected chi connectivity index (χ4v) is 2.91. The Morgan fingerprint density at radius 2 is 1.94 bits per heavy atom. The van der Waals surface area contributed by atoms with Crippen LogP contribution >= 0.6 is 0 Å². The third-order valence-electron chi connectivity index (χ3n) is 4.59. The minimum Gasteiger partial charge on any atom is -0.342 e. The van der Waals surface area contributed by atoms with Crippen LogP contribution in [0.25, 0.3) is 0 Å². The van der Waals surface area contributed by atoms with Crippen LogP contribution < -0.4 is 5.32 Å². The summed E-state index contributed by atoms with van der Waals surface area (Å²) >= 11 is 0. The molecule has 1 saturated heterocycles. The van der Waals surface area contributed by atoms with Gasteiger partial charge in [-0.25, -0.2) is 0 Å². The Balaban J connectivity index is 2.14. The number of carbonyl (C=O) groups excluding carboxylic acids is 2. The van der Waals surface area contributed by atoms with Gasteiger partial charge >= 0.3 is 0 Å². The van der Waals surface area contributed by atoms with Crippen molar-refractivity contribution < 1.29 is 9.59 Å². The van der Waals surface area contributed by atoms with Crippen molar-refractivity contribution in [2.75, 3.05) is 13.1 Å². The lowest BCUT2D eigenvalue weighted by molar-refractivity contribution is -0.140. The van der Waals surface area contributed by atoms with E-state index in [4.69, 9.17) is 0 Å². The van der Waals surface area contributed by atoms with Gasteiger partial charge in [-0.15, -0.1) is 0 Å². The predicted octanol–water partition coefficient (Wildman–Crippen LogP) is 1.69. The Hall–Kier alpha value is -1.06. The quantitative estimate of drug-likeness (QED) is 0.828. The molecule has 102 valence electrons. The number of rotatable bonds is 4. The summed E-state index contributed by atoms with van der Waals surface area (Å²) in [6.45, 7) is 5.39. The van der Waals surface area contributed by atoms with Crippen molar-refractivity contribution in [3.63, 3.8) is 0 Å². The molecule has 0 bridgehead atoms. The minimum absolute atomic E-state index is 0.0168. The zero-order valence-electron chi connectivity index (χ0n) is 11.5. The number of nitrogens with zero attached hydrogens (tertiary/aromatic N) is 1. The van der Waals surface area contributed by atoms with Gasteiger partial charge in [0.25, 0.3) is 0 Å². The first-order valence-electron chi connectivity index (χ1n) is 7.21. The van der Waals surface area contributed by atoms with E-state index >= 15 is 0 Å². The van der Waals surface area contributed by atoms with Crippen LogP contribution in [0, 0.1) is 5.92 Å². The summed E-state index contributed by atoms with van der Waals surface area (Å²) in [6, 6.07) is 0. The van der Waals surface area contributed by atoms with E-state index in [2.05, 4.69) is 5.32 Å². The molecule has 0 unspecified atom stereocenters. The summed E-state index contributed by atoms with van der Waals surface area (Å²) in [7, 11) is 0. The number of hydrogen-bond acceptors (Lipinski definition) is 2. The minimum atomic E-state index is -0.655. The third kappa shape index (κ3) is 2.38. The Labute approximate surface area is 109 Å². The molecule has 2 fully saturated rings. The van der Waals surface area contributed by atoms with Crippen molar-refractivity contribution in [2.45, 2.75) is 57.9 Å². The van der Waals surface area contributed by atoms with Gasteiger partial charge in [-0.1, -0.05) is 20.3 Å². The van der Waals surface area contributed by atoms with Gasteiger partial charge in [-0.3, -0.25) is 9.59 Å². The molecule has 1 N–H and O–H groups in total. The third-order valence-corrected chi connectivity index (χ3v) is 4.59. The van der Waals surface area contributed by atoms with E-state index in [1.165, 1.54) is 19.3 Å². The van der Waals surface area contributed by atoms with Crippen molar-refractivity contribution in [1.29, 1.82) is 0 Å². The molecule has 18 heavy (non-hydrogen) atoms. The van der Waals surface area contributed by atoms with Crippen LogP contribution in [0.1, 0.15) is 52.4 Å². The second-order valence-electron chi connectivity index (χ2n) is 5.64. The summed E-state index contributed by atoms with van der Waals surface area (Å²) in [5.74, 6) is 0.807. The summed E-state index contributed by atoms with van der Waals surface area (Å²) in [4.78, 5) is 26.4. The Bertz CT molecular complexity index is 333. The molecular weight excluding hydrogens is 228 g/mol. The van der Waals surface area contributed by atoms with Crippen molar-refractivity contribution in [3.8, 4) is 0 Å². The first kappa shape index (κ1) is 13.4. The molecule has 2 rings (SSSR count). The number of nitrogens with one attached hydrogen (secondary N) is 1. The van der Waals surface area contributed by atoms with Crippen LogP contribution in [0.5, 0.6) is 0 Å². The number of carbonyl (C=O) groups is 2. The molecule has 0 aromatic carbocycles. The van der Waals surface area contributed by atoms with E-state index in [1.54, 1.807) is 0 Å². The molecule has 2 aliphatic rings. The van der Waals surface area contributed by atoms with Gasteiger partial charge in [0, 0.05) is 19.5 Å². The maximum atomic E-state index is 12.7. The summed E-state index contributed by atoms with van der Waals surface area (Å²) < 4.78 is 0. The van der Waals surface area contributed by atoms with Crippen molar-refractivity contribution >= 4 is 11.8 Å². The molecule has 0 atom stereocenters. The van der Waals surface area contributed by atoms with E-state index in [9.17, 15) is 9.59 Å². The topological polar surface area (TPSA) is 49.4 Å². The fraction of sp³-hybridized carbons (Fsp3) is 0.857. The van der Waals surface area contributed by atoms with Crippen LogP contribution in [0.4, 0.5) is 0 Å². The van der Waals surface area contributed by atoms with E-state index in [0.29, 0.717) is 31.7 Å². The van der Waals surface area contributed by atoms with Crippen LogP contribution in [0.2, 0.25) is 0 Å². The van der Waals surface area contributed by atoms with Gasteiger partial charge < -0.3 is 10.2 Å². The van der Waals surface area contributed by atoms with Gasteiger partial charge in [0.1, 0.15) is 5.54 Å². The van der Waals surface area contributed by atoms with Crippen LogP contribution in [-0.4, -0.2) is 35.3 Å². The van der Waals surface area contributed by atoms with E-state index < -0.39 is 5.54 Å². The van der Waals surface area contributed by atoms with Crippen LogP contribution in [0.3, 0.4) is 0 Å². The highest BCUT2D eigenvalue weighted by Crippen LogP contribution is 2.29. The summed E-state index contributed by atoms with van der Waals surface area (Å²) in [6.07, 6.45) is 5.55. The highest BCUT2D eigenvalue weighted by Gasteiger charge is 2.42. The Kier molecular flexibility index (Phi) is 3.93. The number of hydrogen-bond donors (Lipinski definition) is 1. The van der Waals surface area contributed by atoms with Gasteiger partial charge in [-0.2, -0.15) is 0 Å². The van der Waals surface area contributed by atoms with Crippen LogP contribution in [0.15, 0.2) is 0 Å². The molecule has 1 aliphatic heterocycles. The van der Waals surface area contributed by atoms with Gasteiger partial charge in [0.05, 0.1) is 0 Å². The van der Waals surface area contributed by atoms with Crippen molar-refractivity contribution in [3.05, 3.63) is 0 Å². The summed E-state index contributed by atoms with van der Waals surface area (Å²) in [5.41, 5.74) is -0.655. The number of amides is 2. The lowest BCUT2D eigenvalue weighted by Gasteiger charge is -2.37. The lowest BCUT2D eigenvalue weighted by atomic mass is 9.84. The zero-order chi connectivity index (χ0) is 13.2. The van der Waals surface area contributed by atoms with Gasteiger partial charge in [-0.05, 0) is 31.6 Å². The molecule has 1 saturated carbocycles. The lowest BCUT2D eigenvalue weighted by Crippen LogP contribution is -2.57. The normalized spacial score (nSPS) is 24.4. The van der Waals surface area contributed by atoms with Crippen molar-refractivity contribution in [2.24, 2.45) is 5.92 Å². The first-order chi connectivity index (χ1) is 8.61. The SMILES string of the molecule is CCC1(CC)NC(=O)CCN(CC2CCC2)C1=O. The predicted molar refractivity (Wildman–Crippen MR) is 70.0 cm³/mol. The average Bonchev–Trinajstić information content (AvgIpc) is 2.44. The molecule has 1 aliphatic carbocycles. The smallest absolute Gasteiger partial charge is 0.248 e. The largest absolute Gasteiger partial charge is 0.342 e. The standard InChI is InChI=1S/C14H24N2O2/c1-3-14(4-2)13(18)16(9-8-12(17)15-14)10-11-6-5-7-11/h11H,3-10H2,1-2H3,(H,15,17). The maximum absolute atomic E-state index is 12.7. The molecule has 0 aromatic heterocycles. The van der Waals surface area contributed by atoms with Gasteiger partial charge in [0.2, 0.25) is 11.8 Å². The Morgan fingerprint density at radius 3 is 2.44 bits per heavy atom. The van der Waals surface area contributed by atoms with E-state index in [0.717, 1.165) is 6.54 Å². The second kappa shape index (κ2) is 5.29. The van der Waals surface area contributed by atoms with E-state index in [1.807, 2.05) is 18.7 Å². The second-order valence-corrected chi connectivity index (χ2v) is 5.64. The molecule has 1 heterocycles. The monoisotopic (exact) mass is 252 g/mol. The molecule has 0 radical (unpaired) electrons. The first-order valence-corrected chi connectivity index (χ1v) is 7.21. The van der Waals surface area contributed by atoms with Gasteiger partial charge in [0.15, 0.2) is 0 Å². The van der Waals surface area contributed by atoms with E-state index in [-0.39, 0.29) is 11.8 Å². The molecule has 2 amide bonds. The zero-order valence-corrected chi connectivity index (χ0v) is 11.5. The van der Waals surface area contributed by atoms with Crippen molar-refractivity contribution in [1.82, 2.24) is 10.2 Å². The molecule has 4 nitrogen and oxygen atoms in total. The molecule has 0 aromatic rings. The highest BCUT2D eigenvalue weighted by molar-refractivity contribution is 5.93. The fourth-order valence-electron chi connectivity index (χ4n) is 2.91. The Morgan fingerprint density at radius 1 is 1.28 bits per heavy atom. The molecular formula is C14H24N2O2. The summed E-state index contributed by atoms with van der Waals surface area (Å²) in [5, 5.41) is 2.95. The maximum Gasteiger partial charge on any atom is 0.248 e. The molecule has 0 spiro atoms. The highest BCUT2D eigenvalue weighted by atomic mass is 16.2. The molecule has 4 heteroatoms. The average molecular weight is 252 g/mol.